The summed E-state index contributed by atoms with van der Waals surface area (Å²) in [6.07, 6.45) is 5.43. The first kappa shape index (κ1) is 11.8. The number of nitrogens with one attached hydrogen (secondary N) is 1. The second-order valence-electron chi connectivity index (χ2n) is 4.49. The Balaban J connectivity index is 2.79. The third-order valence-corrected chi connectivity index (χ3v) is 2.71. The van der Waals surface area contributed by atoms with Gasteiger partial charge < -0.3 is 0 Å². The Kier molecular flexibility index (Phi) is 3.55. The summed E-state index contributed by atoms with van der Waals surface area (Å²) in [7, 11) is 0. The van der Waals surface area contributed by atoms with E-state index in [1.54, 1.807) is 0 Å². The molecule has 0 aliphatic rings. The maximum Gasteiger partial charge on any atom is 0.0743 e. The van der Waals surface area contributed by atoms with Gasteiger partial charge in [-0.2, -0.15) is 0 Å². The fourth-order valence-corrected chi connectivity index (χ4v) is 1.49. The van der Waals surface area contributed by atoms with Crippen molar-refractivity contribution in [3.05, 3.63) is 34.9 Å². The minimum atomic E-state index is -0.241. The molecule has 0 aliphatic carbocycles. The van der Waals surface area contributed by atoms with E-state index in [1.807, 2.05) is 13.8 Å². The Bertz CT molecular complexity index is 363. The molecule has 1 rings (SSSR count). The molecule has 0 bridgehead atoms. The highest BCUT2D eigenvalue weighted by atomic mass is 14.9. The molecule has 0 fully saturated rings. The van der Waals surface area contributed by atoms with Crippen LogP contribution in [-0.2, 0) is 6.54 Å². The van der Waals surface area contributed by atoms with Crippen molar-refractivity contribution < 1.29 is 0 Å². The van der Waals surface area contributed by atoms with Crippen molar-refractivity contribution in [1.82, 2.24) is 5.32 Å². The second kappa shape index (κ2) is 4.51. The molecular weight excluding hydrogens is 182 g/mol. The summed E-state index contributed by atoms with van der Waals surface area (Å²) in [5.41, 5.74) is 3.74. The summed E-state index contributed by atoms with van der Waals surface area (Å²) in [5.74, 6) is 2.74. The predicted octanol–water partition coefficient (Wildman–Crippen LogP) is 2.80. The van der Waals surface area contributed by atoms with Crippen LogP contribution in [0.15, 0.2) is 18.2 Å². The molecule has 1 heteroatoms. The van der Waals surface area contributed by atoms with Crippen LogP contribution in [0.2, 0.25) is 0 Å². The molecule has 1 N–H and O–H groups in total. The lowest BCUT2D eigenvalue weighted by atomic mass is 10.0. The normalized spacial score (nSPS) is 11.1. The van der Waals surface area contributed by atoms with Crippen molar-refractivity contribution in [3.8, 4) is 12.3 Å². The zero-order valence-corrected chi connectivity index (χ0v) is 10.0. The quantitative estimate of drug-likeness (QED) is 0.741. The lowest BCUT2D eigenvalue weighted by Crippen LogP contribution is -2.37. The van der Waals surface area contributed by atoms with E-state index in [-0.39, 0.29) is 5.54 Å². The Labute approximate surface area is 92.9 Å². The topological polar surface area (TPSA) is 12.0 Å². The highest BCUT2D eigenvalue weighted by Gasteiger charge is 2.13. The minimum Gasteiger partial charge on any atom is -0.297 e. The van der Waals surface area contributed by atoms with Crippen LogP contribution in [-0.4, -0.2) is 5.54 Å². The summed E-state index contributed by atoms with van der Waals surface area (Å²) < 4.78 is 0. The summed E-state index contributed by atoms with van der Waals surface area (Å²) in [4.78, 5) is 0. The van der Waals surface area contributed by atoms with E-state index in [4.69, 9.17) is 6.42 Å². The lowest BCUT2D eigenvalue weighted by Gasteiger charge is -2.21. The zero-order chi connectivity index (χ0) is 11.5. The predicted molar refractivity (Wildman–Crippen MR) is 65.7 cm³/mol. The van der Waals surface area contributed by atoms with Gasteiger partial charge in [0.05, 0.1) is 5.54 Å². The molecule has 0 heterocycles. The van der Waals surface area contributed by atoms with Crippen molar-refractivity contribution in [2.24, 2.45) is 0 Å². The molecule has 0 unspecified atom stereocenters. The molecule has 0 aliphatic heterocycles. The first-order valence-electron chi connectivity index (χ1n) is 5.24. The van der Waals surface area contributed by atoms with Crippen LogP contribution < -0.4 is 5.32 Å². The van der Waals surface area contributed by atoms with E-state index in [2.05, 4.69) is 43.3 Å². The van der Waals surface area contributed by atoms with Crippen molar-refractivity contribution in [3.63, 3.8) is 0 Å². The fraction of sp³-hybridized carbons (Fsp3) is 0.429. The van der Waals surface area contributed by atoms with Gasteiger partial charge in [0.1, 0.15) is 0 Å². The van der Waals surface area contributed by atoms with Crippen LogP contribution in [0.1, 0.15) is 30.5 Å². The lowest BCUT2D eigenvalue weighted by molar-refractivity contribution is 0.489. The standard InChI is InChI=1S/C14H19N/c1-6-14(4,5)15-10-13-11(2)8-7-9-12(13)3/h1,7-9,15H,10H2,2-5H3. The number of aryl methyl sites for hydroxylation is 2. The van der Waals surface area contributed by atoms with Gasteiger partial charge in [0, 0.05) is 6.54 Å². The molecule has 1 aromatic carbocycles. The molecule has 1 aromatic rings. The molecule has 0 atom stereocenters. The van der Waals surface area contributed by atoms with Gasteiger partial charge in [-0.05, 0) is 44.4 Å². The Morgan fingerprint density at radius 2 is 1.80 bits per heavy atom. The molecule has 80 valence electrons. The molecular formula is C14H19N. The molecule has 15 heavy (non-hydrogen) atoms. The Hall–Kier alpha value is -1.26. The second-order valence-corrected chi connectivity index (χ2v) is 4.49. The van der Waals surface area contributed by atoms with Gasteiger partial charge in [0.25, 0.3) is 0 Å². The van der Waals surface area contributed by atoms with Gasteiger partial charge >= 0.3 is 0 Å². The smallest absolute Gasteiger partial charge is 0.0743 e. The summed E-state index contributed by atoms with van der Waals surface area (Å²) in [6.45, 7) is 9.12. The van der Waals surface area contributed by atoms with Gasteiger partial charge in [-0.1, -0.05) is 24.1 Å². The number of rotatable bonds is 3. The fourth-order valence-electron chi connectivity index (χ4n) is 1.49. The molecule has 0 spiro atoms. The van der Waals surface area contributed by atoms with Gasteiger partial charge in [-0.3, -0.25) is 5.32 Å². The van der Waals surface area contributed by atoms with Gasteiger partial charge in [-0.15, -0.1) is 6.42 Å². The van der Waals surface area contributed by atoms with Crippen LogP contribution in [0.25, 0.3) is 0 Å². The van der Waals surface area contributed by atoms with Gasteiger partial charge in [0.2, 0.25) is 0 Å². The molecule has 0 saturated heterocycles. The molecule has 0 amide bonds. The van der Waals surface area contributed by atoms with Crippen LogP contribution in [0.5, 0.6) is 0 Å². The number of terminal acetylenes is 1. The van der Waals surface area contributed by atoms with E-state index in [0.717, 1.165) is 6.54 Å². The Morgan fingerprint density at radius 3 is 2.27 bits per heavy atom. The van der Waals surface area contributed by atoms with E-state index < -0.39 is 0 Å². The van der Waals surface area contributed by atoms with Crippen molar-refractivity contribution in [1.29, 1.82) is 0 Å². The first-order chi connectivity index (χ1) is 6.96. The molecule has 0 aromatic heterocycles. The highest BCUT2D eigenvalue weighted by Crippen LogP contribution is 2.14. The number of hydrogen-bond acceptors (Lipinski definition) is 1. The number of hydrogen-bond donors (Lipinski definition) is 1. The SMILES string of the molecule is C#CC(C)(C)NCc1c(C)cccc1C. The van der Waals surface area contributed by atoms with Gasteiger partial charge in [0.15, 0.2) is 0 Å². The zero-order valence-electron chi connectivity index (χ0n) is 10.0. The third-order valence-electron chi connectivity index (χ3n) is 2.71. The highest BCUT2D eigenvalue weighted by molar-refractivity contribution is 5.33. The average Bonchev–Trinajstić information content (AvgIpc) is 2.17. The largest absolute Gasteiger partial charge is 0.297 e. The molecule has 0 saturated carbocycles. The van der Waals surface area contributed by atoms with Crippen LogP contribution in [0.4, 0.5) is 0 Å². The van der Waals surface area contributed by atoms with Crippen molar-refractivity contribution in [2.75, 3.05) is 0 Å². The Morgan fingerprint density at radius 1 is 1.27 bits per heavy atom. The summed E-state index contributed by atoms with van der Waals surface area (Å²) >= 11 is 0. The maximum absolute atomic E-state index is 5.43. The van der Waals surface area contributed by atoms with E-state index in [9.17, 15) is 0 Å². The van der Waals surface area contributed by atoms with Gasteiger partial charge in [-0.25, -0.2) is 0 Å². The molecule has 1 nitrogen and oxygen atoms in total. The average molecular weight is 201 g/mol. The van der Waals surface area contributed by atoms with Crippen molar-refractivity contribution in [2.45, 2.75) is 39.8 Å². The first-order valence-corrected chi connectivity index (χ1v) is 5.24. The van der Waals surface area contributed by atoms with Crippen LogP contribution in [0, 0.1) is 26.2 Å². The van der Waals surface area contributed by atoms with E-state index in [0.29, 0.717) is 0 Å². The van der Waals surface area contributed by atoms with E-state index in [1.165, 1.54) is 16.7 Å². The maximum atomic E-state index is 5.43. The monoisotopic (exact) mass is 201 g/mol. The van der Waals surface area contributed by atoms with Crippen LogP contribution >= 0.6 is 0 Å². The minimum absolute atomic E-state index is 0.241. The summed E-state index contributed by atoms with van der Waals surface area (Å²) in [5, 5.41) is 3.37. The number of benzene rings is 1. The third kappa shape index (κ3) is 3.11. The van der Waals surface area contributed by atoms with E-state index >= 15 is 0 Å². The van der Waals surface area contributed by atoms with Crippen LogP contribution in [0.3, 0.4) is 0 Å². The molecule has 0 radical (unpaired) electrons. The van der Waals surface area contributed by atoms with Crippen molar-refractivity contribution >= 4 is 0 Å². The summed E-state index contributed by atoms with van der Waals surface area (Å²) in [6, 6.07) is 6.35.